The van der Waals surface area contributed by atoms with E-state index in [9.17, 15) is 4.79 Å². The molecule has 1 amide bonds. The molecule has 0 aliphatic carbocycles. The van der Waals surface area contributed by atoms with E-state index in [1.54, 1.807) is 34.9 Å². The number of hydrogen-bond donors (Lipinski definition) is 0. The van der Waals surface area contributed by atoms with Crippen LogP contribution in [0.1, 0.15) is 30.7 Å². The van der Waals surface area contributed by atoms with Crippen LogP contribution in [0.15, 0.2) is 22.5 Å². The number of amides is 1. The van der Waals surface area contributed by atoms with Crippen LogP contribution in [-0.2, 0) is 4.79 Å². The van der Waals surface area contributed by atoms with Crippen molar-refractivity contribution in [3.63, 3.8) is 0 Å². The Morgan fingerprint density at radius 2 is 2.50 bits per heavy atom. The third-order valence-corrected chi connectivity index (χ3v) is 6.86. The van der Waals surface area contributed by atoms with Gasteiger partial charge in [0.2, 0.25) is 5.91 Å². The summed E-state index contributed by atoms with van der Waals surface area (Å²) < 4.78 is 1.08. The summed E-state index contributed by atoms with van der Waals surface area (Å²) in [6.45, 7) is 3.81. The van der Waals surface area contributed by atoms with Gasteiger partial charge in [0.05, 0.1) is 17.8 Å². The van der Waals surface area contributed by atoms with E-state index >= 15 is 0 Å². The SMILES string of the molecule is C[C@H](SC1=NCCS1)C(=O)N1CCC[C@H]1c1cccs1. The normalized spacial score (nSPS) is 23.9. The molecule has 20 heavy (non-hydrogen) atoms. The first-order valence-corrected chi connectivity index (χ1v) is 9.68. The van der Waals surface area contributed by atoms with Crippen LogP contribution in [0.2, 0.25) is 0 Å². The van der Waals surface area contributed by atoms with Gasteiger partial charge in [-0.3, -0.25) is 9.79 Å². The number of thioether (sulfide) groups is 2. The van der Waals surface area contributed by atoms with Gasteiger partial charge in [-0.2, -0.15) is 0 Å². The maximum Gasteiger partial charge on any atom is 0.236 e. The molecule has 0 radical (unpaired) electrons. The fourth-order valence-electron chi connectivity index (χ4n) is 2.63. The van der Waals surface area contributed by atoms with E-state index in [2.05, 4.69) is 27.4 Å². The van der Waals surface area contributed by atoms with E-state index in [0.717, 1.165) is 36.1 Å². The zero-order valence-corrected chi connectivity index (χ0v) is 13.9. The Morgan fingerprint density at radius 1 is 1.60 bits per heavy atom. The number of carbonyl (C=O) groups excluding carboxylic acids is 1. The lowest BCUT2D eigenvalue weighted by atomic mass is 10.2. The summed E-state index contributed by atoms with van der Waals surface area (Å²) in [4.78, 5) is 20.5. The van der Waals surface area contributed by atoms with Crippen molar-refractivity contribution in [1.29, 1.82) is 0 Å². The summed E-state index contributed by atoms with van der Waals surface area (Å²) in [5.41, 5.74) is 0. The van der Waals surface area contributed by atoms with Crippen LogP contribution in [0, 0.1) is 0 Å². The molecular weight excluding hydrogens is 308 g/mol. The summed E-state index contributed by atoms with van der Waals surface area (Å²) in [7, 11) is 0. The quantitative estimate of drug-likeness (QED) is 0.850. The second kappa shape index (κ2) is 6.54. The van der Waals surface area contributed by atoms with Crippen LogP contribution in [0.4, 0.5) is 0 Å². The molecule has 3 heterocycles. The zero-order chi connectivity index (χ0) is 13.9. The first-order valence-electron chi connectivity index (χ1n) is 6.93. The van der Waals surface area contributed by atoms with Crippen molar-refractivity contribution in [3.05, 3.63) is 22.4 Å². The number of rotatable bonds is 3. The van der Waals surface area contributed by atoms with Gasteiger partial charge in [-0.05, 0) is 31.2 Å². The molecule has 0 spiro atoms. The molecule has 0 saturated carbocycles. The van der Waals surface area contributed by atoms with Gasteiger partial charge in [-0.25, -0.2) is 0 Å². The van der Waals surface area contributed by atoms with Crippen LogP contribution in [0.25, 0.3) is 0 Å². The molecule has 1 fully saturated rings. The molecule has 6 heteroatoms. The molecule has 1 aromatic rings. The molecule has 1 aromatic heterocycles. The highest BCUT2D eigenvalue weighted by atomic mass is 32.2. The predicted octanol–water partition coefficient (Wildman–Crippen LogP) is 3.64. The van der Waals surface area contributed by atoms with E-state index in [4.69, 9.17) is 0 Å². The highest BCUT2D eigenvalue weighted by molar-refractivity contribution is 8.39. The Hall–Kier alpha value is -0.460. The van der Waals surface area contributed by atoms with E-state index in [1.165, 1.54) is 4.88 Å². The fourth-order valence-corrected chi connectivity index (χ4v) is 5.70. The molecule has 0 aromatic carbocycles. The zero-order valence-electron chi connectivity index (χ0n) is 11.4. The maximum atomic E-state index is 12.7. The van der Waals surface area contributed by atoms with Gasteiger partial charge >= 0.3 is 0 Å². The average Bonchev–Trinajstić information content (AvgIpc) is 3.18. The highest BCUT2D eigenvalue weighted by Gasteiger charge is 2.33. The number of hydrogen-bond acceptors (Lipinski definition) is 5. The lowest BCUT2D eigenvalue weighted by Gasteiger charge is -2.26. The molecule has 0 bridgehead atoms. The lowest BCUT2D eigenvalue weighted by Crippen LogP contribution is -2.36. The van der Waals surface area contributed by atoms with Crippen molar-refractivity contribution < 1.29 is 4.79 Å². The van der Waals surface area contributed by atoms with Crippen LogP contribution < -0.4 is 0 Å². The van der Waals surface area contributed by atoms with E-state index < -0.39 is 0 Å². The fraction of sp³-hybridized carbons (Fsp3) is 0.571. The minimum absolute atomic E-state index is 0.0279. The van der Waals surface area contributed by atoms with Gasteiger partial charge < -0.3 is 4.90 Å². The number of carbonyl (C=O) groups is 1. The van der Waals surface area contributed by atoms with Crippen LogP contribution in [0.5, 0.6) is 0 Å². The van der Waals surface area contributed by atoms with Crippen LogP contribution >= 0.6 is 34.9 Å². The Bertz CT molecular complexity index is 501. The number of nitrogens with zero attached hydrogens (tertiary/aromatic N) is 2. The van der Waals surface area contributed by atoms with Gasteiger partial charge in [-0.1, -0.05) is 29.6 Å². The van der Waals surface area contributed by atoms with Gasteiger partial charge in [0, 0.05) is 17.2 Å². The maximum absolute atomic E-state index is 12.7. The first kappa shape index (κ1) is 14.5. The second-order valence-corrected chi connectivity index (χ2v) is 8.61. The summed E-state index contributed by atoms with van der Waals surface area (Å²) >= 11 is 5.16. The van der Waals surface area contributed by atoms with Crippen molar-refractivity contribution in [3.8, 4) is 0 Å². The molecule has 1 saturated heterocycles. The molecule has 2 aliphatic rings. The highest BCUT2D eigenvalue weighted by Crippen LogP contribution is 2.36. The number of likely N-dealkylation sites (tertiary alicyclic amines) is 1. The predicted molar refractivity (Wildman–Crippen MR) is 89.8 cm³/mol. The minimum atomic E-state index is -0.0279. The van der Waals surface area contributed by atoms with Crippen molar-refractivity contribution >= 4 is 45.1 Å². The van der Waals surface area contributed by atoms with Crippen molar-refractivity contribution in [2.24, 2.45) is 4.99 Å². The van der Waals surface area contributed by atoms with E-state index in [1.807, 2.05) is 6.92 Å². The monoisotopic (exact) mass is 326 g/mol. The standard InChI is InChI=1S/C14H18N2OS3/c1-10(20-14-15-6-9-19-14)13(17)16-7-2-4-11(16)12-5-3-8-18-12/h3,5,8,10-11H,2,4,6-7,9H2,1H3/t10-,11-/m0/s1. The largest absolute Gasteiger partial charge is 0.334 e. The summed E-state index contributed by atoms with van der Waals surface area (Å²) in [6, 6.07) is 4.52. The topological polar surface area (TPSA) is 32.7 Å². The van der Waals surface area contributed by atoms with Gasteiger partial charge in [-0.15, -0.1) is 11.3 Å². The summed E-state index contributed by atoms with van der Waals surface area (Å²) in [5.74, 6) is 1.33. The molecule has 0 N–H and O–H groups in total. The van der Waals surface area contributed by atoms with Crippen LogP contribution in [-0.4, -0.2) is 39.3 Å². The summed E-state index contributed by atoms with van der Waals surface area (Å²) in [6.07, 6.45) is 2.21. The van der Waals surface area contributed by atoms with Crippen molar-refractivity contribution in [1.82, 2.24) is 4.90 Å². The third-order valence-electron chi connectivity index (χ3n) is 3.59. The molecule has 3 rings (SSSR count). The third kappa shape index (κ3) is 3.07. The minimum Gasteiger partial charge on any atom is -0.334 e. The average molecular weight is 327 g/mol. The Morgan fingerprint density at radius 3 is 3.20 bits per heavy atom. The Kier molecular flexibility index (Phi) is 4.73. The molecule has 2 aliphatic heterocycles. The Balaban J connectivity index is 1.66. The number of thiophene rings is 1. The first-order chi connectivity index (χ1) is 9.75. The molecule has 0 unspecified atom stereocenters. The molecular formula is C14H18N2OS3. The van der Waals surface area contributed by atoms with Gasteiger partial charge in [0.1, 0.15) is 4.38 Å². The van der Waals surface area contributed by atoms with Gasteiger partial charge in [0.15, 0.2) is 0 Å². The van der Waals surface area contributed by atoms with Crippen LogP contribution in [0.3, 0.4) is 0 Å². The van der Waals surface area contributed by atoms with Gasteiger partial charge in [0.25, 0.3) is 0 Å². The molecule has 3 nitrogen and oxygen atoms in total. The molecule has 2 atom stereocenters. The Labute approximate surface area is 132 Å². The summed E-state index contributed by atoms with van der Waals surface area (Å²) in [5, 5.41) is 2.07. The van der Waals surface area contributed by atoms with E-state index in [0.29, 0.717) is 6.04 Å². The lowest BCUT2D eigenvalue weighted by molar-refractivity contribution is -0.131. The van der Waals surface area contributed by atoms with E-state index in [-0.39, 0.29) is 11.2 Å². The smallest absolute Gasteiger partial charge is 0.236 e. The van der Waals surface area contributed by atoms with Crippen molar-refractivity contribution in [2.45, 2.75) is 31.1 Å². The second-order valence-electron chi connectivity index (χ2n) is 4.96. The van der Waals surface area contributed by atoms with Crippen molar-refractivity contribution in [2.75, 3.05) is 18.8 Å². The number of aliphatic imine (C=N–C) groups is 1. The molecule has 108 valence electrons.